The van der Waals surface area contributed by atoms with Crippen molar-refractivity contribution in [3.63, 3.8) is 0 Å². The van der Waals surface area contributed by atoms with E-state index < -0.39 is 51.0 Å². The van der Waals surface area contributed by atoms with E-state index in [1.807, 2.05) is 0 Å². The second-order valence-electron chi connectivity index (χ2n) is 9.26. The molecule has 0 unspecified atom stereocenters. The lowest BCUT2D eigenvalue weighted by molar-refractivity contribution is -0.294. The lowest BCUT2D eigenvalue weighted by atomic mass is 9.93. The maximum Gasteiger partial charge on any atom is 0.307 e. The molecule has 31 heavy (non-hydrogen) atoms. The molecule has 9 heteroatoms. The fourth-order valence-electron chi connectivity index (χ4n) is 2.91. The number of carbonyl (C=O) groups is 2. The standard InChI is InChI=1S/C22H34O8Si/c1-8-16(24)28-21-20(27-13(2)23)18(26)17(25)19(29-21)14-9-11-15(12-10-14)30-31(6,7)22(3,4)5/h9-12,17-21,25-26H,8H2,1-7H3/t17-,18+,19+,20-,21-/m0/s1. The molecular weight excluding hydrogens is 420 g/mol. The molecular formula is C22H34O8Si. The van der Waals surface area contributed by atoms with Gasteiger partial charge in [-0.2, -0.15) is 0 Å². The molecule has 0 aliphatic carbocycles. The molecule has 2 N–H and O–H groups in total. The van der Waals surface area contributed by atoms with Crippen molar-refractivity contribution < 1.29 is 38.4 Å². The van der Waals surface area contributed by atoms with Crippen molar-refractivity contribution in [3.8, 4) is 5.75 Å². The molecule has 5 atom stereocenters. The Bertz CT molecular complexity index is 771. The van der Waals surface area contributed by atoms with Crippen molar-refractivity contribution in [2.24, 2.45) is 0 Å². The Morgan fingerprint density at radius 3 is 2.13 bits per heavy atom. The number of carbonyl (C=O) groups excluding carboxylic acids is 2. The predicted octanol–water partition coefficient (Wildman–Crippen LogP) is 3.07. The number of ether oxygens (including phenoxy) is 3. The Kier molecular flexibility index (Phi) is 7.91. The first-order valence-corrected chi connectivity index (χ1v) is 13.3. The molecule has 1 aromatic carbocycles. The number of benzene rings is 1. The van der Waals surface area contributed by atoms with Crippen molar-refractivity contribution in [2.75, 3.05) is 0 Å². The molecule has 1 saturated heterocycles. The molecule has 1 aromatic rings. The zero-order valence-electron chi connectivity index (χ0n) is 19.2. The van der Waals surface area contributed by atoms with E-state index >= 15 is 0 Å². The van der Waals surface area contributed by atoms with Crippen LogP contribution < -0.4 is 4.43 Å². The number of esters is 2. The zero-order chi connectivity index (χ0) is 23.6. The minimum Gasteiger partial charge on any atom is -0.544 e. The largest absolute Gasteiger partial charge is 0.544 e. The molecule has 1 fully saturated rings. The van der Waals surface area contributed by atoms with Gasteiger partial charge in [-0.3, -0.25) is 9.59 Å². The monoisotopic (exact) mass is 454 g/mol. The van der Waals surface area contributed by atoms with Gasteiger partial charge in [0, 0.05) is 13.3 Å². The molecule has 1 aliphatic heterocycles. The maximum absolute atomic E-state index is 11.8. The smallest absolute Gasteiger partial charge is 0.307 e. The number of hydrogen-bond donors (Lipinski definition) is 2. The van der Waals surface area contributed by atoms with Crippen LogP contribution in [-0.2, 0) is 23.8 Å². The molecule has 0 radical (unpaired) electrons. The first kappa shape index (κ1) is 25.3. The molecule has 0 aromatic heterocycles. The van der Waals surface area contributed by atoms with E-state index in [0.29, 0.717) is 11.3 Å². The van der Waals surface area contributed by atoms with E-state index in [4.69, 9.17) is 18.6 Å². The SMILES string of the molecule is CCC(=O)O[C@H]1O[C@H](c2ccc(O[Si](C)(C)C(C)(C)C)cc2)[C@@H](O)[C@@H](O)[C@@H]1OC(C)=O. The van der Waals surface area contributed by atoms with Gasteiger partial charge in [0.05, 0.1) is 0 Å². The summed E-state index contributed by atoms with van der Waals surface area (Å²) in [6.07, 6.45) is -6.48. The molecule has 0 bridgehead atoms. The van der Waals surface area contributed by atoms with Gasteiger partial charge in [-0.1, -0.05) is 39.8 Å². The fourth-order valence-corrected chi connectivity index (χ4v) is 3.94. The minimum atomic E-state index is -2.01. The van der Waals surface area contributed by atoms with Gasteiger partial charge < -0.3 is 28.8 Å². The van der Waals surface area contributed by atoms with Gasteiger partial charge >= 0.3 is 11.9 Å². The molecule has 0 amide bonds. The minimum absolute atomic E-state index is 0.0422. The summed E-state index contributed by atoms with van der Waals surface area (Å²) >= 11 is 0. The van der Waals surface area contributed by atoms with Crippen LogP contribution in [0.5, 0.6) is 5.75 Å². The van der Waals surface area contributed by atoms with E-state index in [0.717, 1.165) is 6.92 Å². The molecule has 0 spiro atoms. The van der Waals surface area contributed by atoms with Crippen LogP contribution in [0.3, 0.4) is 0 Å². The van der Waals surface area contributed by atoms with Gasteiger partial charge in [0.1, 0.15) is 24.1 Å². The van der Waals surface area contributed by atoms with E-state index in [2.05, 4.69) is 33.9 Å². The number of aliphatic hydroxyl groups excluding tert-OH is 2. The third kappa shape index (κ3) is 6.06. The van der Waals surface area contributed by atoms with Crippen LogP contribution in [0.2, 0.25) is 18.1 Å². The Morgan fingerprint density at radius 1 is 1.06 bits per heavy atom. The highest BCUT2D eigenvalue weighted by Gasteiger charge is 2.49. The van der Waals surface area contributed by atoms with Crippen LogP contribution in [0.25, 0.3) is 0 Å². The van der Waals surface area contributed by atoms with Crippen LogP contribution in [-0.4, -0.2) is 55.1 Å². The fraction of sp³-hybridized carbons (Fsp3) is 0.636. The third-order valence-corrected chi connectivity index (χ3v) is 10.1. The highest BCUT2D eigenvalue weighted by Crippen LogP contribution is 2.38. The lowest BCUT2D eigenvalue weighted by Gasteiger charge is -2.41. The summed E-state index contributed by atoms with van der Waals surface area (Å²) in [7, 11) is -2.01. The van der Waals surface area contributed by atoms with Crippen LogP contribution >= 0.6 is 0 Å². The van der Waals surface area contributed by atoms with E-state index in [1.165, 1.54) is 0 Å². The average Bonchev–Trinajstić information content (AvgIpc) is 2.66. The Balaban J connectivity index is 2.24. The van der Waals surface area contributed by atoms with Crippen LogP contribution in [0, 0.1) is 0 Å². The molecule has 174 valence electrons. The van der Waals surface area contributed by atoms with Crippen LogP contribution in [0.15, 0.2) is 24.3 Å². The maximum atomic E-state index is 11.8. The molecule has 1 aliphatic rings. The van der Waals surface area contributed by atoms with Gasteiger partial charge in [-0.25, -0.2) is 0 Å². The molecule has 2 rings (SSSR count). The van der Waals surface area contributed by atoms with Crippen molar-refractivity contribution in [3.05, 3.63) is 29.8 Å². The van der Waals surface area contributed by atoms with Gasteiger partial charge in [0.15, 0.2) is 6.10 Å². The summed E-state index contributed by atoms with van der Waals surface area (Å²) in [5.74, 6) is -0.571. The van der Waals surface area contributed by atoms with E-state index in [1.54, 1.807) is 31.2 Å². The summed E-state index contributed by atoms with van der Waals surface area (Å²) in [5, 5.41) is 21.2. The molecule has 8 nitrogen and oxygen atoms in total. The number of hydrogen-bond acceptors (Lipinski definition) is 8. The molecule has 0 saturated carbocycles. The summed E-state index contributed by atoms with van der Waals surface area (Å²) in [6, 6.07) is 7.02. The Hall–Kier alpha value is -1.94. The van der Waals surface area contributed by atoms with E-state index in [-0.39, 0.29) is 11.5 Å². The normalized spacial score (nSPS) is 26.8. The van der Waals surface area contributed by atoms with Crippen LogP contribution in [0.4, 0.5) is 0 Å². The summed E-state index contributed by atoms with van der Waals surface area (Å²) in [6.45, 7) is 13.5. The summed E-state index contributed by atoms with van der Waals surface area (Å²) in [5.41, 5.74) is 0.563. The number of rotatable bonds is 6. The van der Waals surface area contributed by atoms with Gasteiger partial charge in [-0.05, 0) is 35.8 Å². The molecule has 1 heterocycles. The average molecular weight is 455 g/mol. The Labute approximate surface area is 184 Å². The second kappa shape index (κ2) is 9.68. The first-order valence-electron chi connectivity index (χ1n) is 10.4. The highest BCUT2D eigenvalue weighted by atomic mass is 28.4. The number of aliphatic hydroxyl groups is 2. The van der Waals surface area contributed by atoms with Crippen LogP contribution in [0.1, 0.15) is 52.7 Å². The summed E-state index contributed by atoms with van der Waals surface area (Å²) < 4.78 is 22.3. The third-order valence-electron chi connectivity index (χ3n) is 5.77. The van der Waals surface area contributed by atoms with Crippen molar-refractivity contribution in [1.82, 2.24) is 0 Å². The topological polar surface area (TPSA) is 112 Å². The quantitative estimate of drug-likeness (QED) is 0.498. The predicted molar refractivity (Wildman–Crippen MR) is 116 cm³/mol. The van der Waals surface area contributed by atoms with E-state index in [9.17, 15) is 19.8 Å². The first-order chi connectivity index (χ1) is 14.3. The lowest BCUT2D eigenvalue weighted by Crippen LogP contribution is -2.56. The van der Waals surface area contributed by atoms with Crippen molar-refractivity contribution in [1.29, 1.82) is 0 Å². The van der Waals surface area contributed by atoms with Gasteiger partial charge in [0.25, 0.3) is 0 Å². The summed E-state index contributed by atoms with van der Waals surface area (Å²) in [4.78, 5) is 23.2. The second-order valence-corrected chi connectivity index (χ2v) is 14.0. The van der Waals surface area contributed by atoms with Gasteiger partial charge in [0.2, 0.25) is 14.6 Å². The van der Waals surface area contributed by atoms with Crippen molar-refractivity contribution >= 4 is 20.3 Å². The highest BCUT2D eigenvalue weighted by molar-refractivity contribution is 6.74. The van der Waals surface area contributed by atoms with Crippen molar-refractivity contribution in [2.45, 2.75) is 89.9 Å². The van der Waals surface area contributed by atoms with Gasteiger partial charge in [-0.15, -0.1) is 0 Å². The Morgan fingerprint density at radius 2 is 1.65 bits per heavy atom. The zero-order valence-corrected chi connectivity index (χ0v) is 20.2.